The lowest BCUT2D eigenvalue weighted by Crippen LogP contribution is -1.94. The summed E-state index contributed by atoms with van der Waals surface area (Å²) >= 11 is 0. The highest BCUT2D eigenvalue weighted by molar-refractivity contribution is 6.34. The Labute approximate surface area is 357 Å². The molecule has 2 heterocycles. The van der Waals surface area contributed by atoms with Crippen LogP contribution in [0.1, 0.15) is 22.3 Å². The van der Waals surface area contributed by atoms with E-state index in [9.17, 15) is 0 Å². The van der Waals surface area contributed by atoms with E-state index in [2.05, 4.69) is 239 Å². The SMILES string of the molecule is C(#Cc1cc(C#Cc2ccc(-n3c4ccccc4c4ccccc43)cc2)c2c3cccc4cccc(c5cccc1c52)c43)c1ccc(-n2c3ccccc3c3ccccc32)cc1. The first-order valence-corrected chi connectivity index (χ1v) is 21.1. The molecule has 11 aromatic carbocycles. The highest BCUT2D eigenvalue weighted by Gasteiger charge is 2.18. The van der Waals surface area contributed by atoms with E-state index in [0.717, 1.165) is 39.0 Å². The molecule has 0 spiro atoms. The van der Waals surface area contributed by atoms with Gasteiger partial charge in [-0.1, -0.05) is 151 Å². The fourth-order valence-corrected chi connectivity index (χ4v) is 10.0. The maximum Gasteiger partial charge on any atom is 0.0541 e. The van der Waals surface area contributed by atoms with Gasteiger partial charge in [-0.25, -0.2) is 0 Å². The van der Waals surface area contributed by atoms with Gasteiger partial charge in [0.05, 0.1) is 22.1 Å². The van der Waals surface area contributed by atoms with Crippen LogP contribution in [0.15, 0.2) is 206 Å². The van der Waals surface area contributed by atoms with Crippen LogP contribution in [0, 0.1) is 23.7 Å². The molecule has 0 saturated carbocycles. The summed E-state index contributed by atoms with van der Waals surface area (Å²) in [5, 5.41) is 14.7. The summed E-state index contributed by atoms with van der Waals surface area (Å²) in [7, 11) is 0. The summed E-state index contributed by atoms with van der Waals surface area (Å²) in [6.45, 7) is 0. The lowest BCUT2D eigenvalue weighted by atomic mass is 9.86. The molecule has 0 unspecified atom stereocenters. The molecule has 0 fully saturated rings. The third-order valence-corrected chi connectivity index (χ3v) is 12.7. The minimum absolute atomic E-state index is 0.959. The maximum atomic E-state index is 3.68. The molecule has 0 aliphatic rings. The van der Waals surface area contributed by atoms with E-state index in [0.29, 0.717) is 0 Å². The Morgan fingerprint density at radius 1 is 0.258 bits per heavy atom. The van der Waals surface area contributed by atoms with Gasteiger partial charge < -0.3 is 9.13 Å². The van der Waals surface area contributed by atoms with Gasteiger partial charge in [0.25, 0.3) is 0 Å². The van der Waals surface area contributed by atoms with Crippen molar-refractivity contribution in [1.29, 1.82) is 0 Å². The largest absolute Gasteiger partial charge is 0.309 e. The fraction of sp³-hybridized carbons (Fsp3) is 0. The van der Waals surface area contributed by atoms with Crippen molar-refractivity contribution in [3.05, 3.63) is 229 Å². The van der Waals surface area contributed by atoms with Crippen molar-refractivity contribution in [2.75, 3.05) is 0 Å². The third-order valence-electron chi connectivity index (χ3n) is 12.7. The molecule has 0 amide bonds. The molecular formula is C60H34N2. The van der Waals surface area contributed by atoms with Gasteiger partial charge in [0.1, 0.15) is 0 Å². The van der Waals surface area contributed by atoms with Gasteiger partial charge in [-0.05, 0) is 117 Å². The van der Waals surface area contributed by atoms with Gasteiger partial charge in [-0.2, -0.15) is 0 Å². The molecule has 0 aliphatic carbocycles. The van der Waals surface area contributed by atoms with Crippen molar-refractivity contribution >= 4 is 86.7 Å². The average molecular weight is 783 g/mol. The van der Waals surface area contributed by atoms with E-state index in [4.69, 9.17) is 0 Å². The molecule has 284 valence electrons. The molecule has 0 atom stereocenters. The van der Waals surface area contributed by atoms with Crippen LogP contribution in [0.4, 0.5) is 0 Å². The van der Waals surface area contributed by atoms with E-state index >= 15 is 0 Å². The molecule has 0 N–H and O–H groups in total. The highest BCUT2D eigenvalue weighted by atomic mass is 15.0. The number of hydrogen-bond acceptors (Lipinski definition) is 0. The molecule has 2 heteroatoms. The zero-order chi connectivity index (χ0) is 40.7. The minimum atomic E-state index is 0.959. The van der Waals surface area contributed by atoms with Crippen LogP contribution >= 0.6 is 0 Å². The fourth-order valence-electron chi connectivity index (χ4n) is 10.0. The quantitative estimate of drug-likeness (QED) is 0.0939. The number of fused-ring (bicyclic) bond motifs is 8. The lowest BCUT2D eigenvalue weighted by Gasteiger charge is -2.16. The van der Waals surface area contributed by atoms with Gasteiger partial charge in [0, 0.05) is 60.6 Å². The highest BCUT2D eigenvalue weighted by Crippen LogP contribution is 2.43. The normalized spacial score (nSPS) is 11.6. The molecule has 62 heavy (non-hydrogen) atoms. The zero-order valence-corrected chi connectivity index (χ0v) is 33.5. The number of aromatic nitrogens is 2. The minimum Gasteiger partial charge on any atom is -0.309 e. The van der Waals surface area contributed by atoms with E-state index in [1.165, 1.54) is 81.3 Å². The van der Waals surface area contributed by atoms with Gasteiger partial charge in [0.15, 0.2) is 0 Å². The molecule has 0 saturated heterocycles. The van der Waals surface area contributed by atoms with Crippen LogP contribution in [-0.2, 0) is 0 Å². The Balaban J connectivity index is 0.952. The van der Waals surface area contributed by atoms with Crippen LogP contribution < -0.4 is 0 Å². The number of rotatable bonds is 2. The van der Waals surface area contributed by atoms with Crippen molar-refractivity contribution in [3.63, 3.8) is 0 Å². The maximum absolute atomic E-state index is 3.68. The smallest absolute Gasteiger partial charge is 0.0541 e. The van der Waals surface area contributed by atoms with E-state index in [1.54, 1.807) is 0 Å². The molecule has 2 nitrogen and oxygen atoms in total. The van der Waals surface area contributed by atoms with Crippen LogP contribution in [0.5, 0.6) is 0 Å². The topological polar surface area (TPSA) is 9.86 Å². The monoisotopic (exact) mass is 782 g/mol. The molecule has 0 radical (unpaired) electrons. The van der Waals surface area contributed by atoms with Gasteiger partial charge in [-0.3, -0.25) is 0 Å². The summed E-state index contributed by atoms with van der Waals surface area (Å²) < 4.78 is 4.69. The molecule has 2 aromatic heterocycles. The first kappa shape index (κ1) is 34.3. The van der Waals surface area contributed by atoms with Crippen molar-refractivity contribution in [2.24, 2.45) is 0 Å². The predicted molar refractivity (Wildman–Crippen MR) is 261 cm³/mol. The zero-order valence-electron chi connectivity index (χ0n) is 33.5. The Morgan fingerprint density at radius 3 is 1.15 bits per heavy atom. The van der Waals surface area contributed by atoms with Crippen LogP contribution in [-0.4, -0.2) is 9.13 Å². The summed E-state index contributed by atoms with van der Waals surface area (Å²) in [6.07, 6.45) is 0. The molecule has 0 aliphatic heterocycles. The predicted octanol–water partition coefficient (Wildman–Crippen LogP) is 14.7. The van der Waals surface area contributed by atoms with Crippen LogP contribution in [0.2, 0.25) is 0 Å². The van der Waals surface area contributed by atoms with Gasteiger partial charge >= 0.3 is 0 Å². The van der Waals surface area contributed by atoms with E-state index in [1.807, 2.05) is 0 Å². The summed E-state index contributed by atoms with van der Waals surface area (Å²) in [4.78, 5) is 0. The van der Waals surface area contributed by atoms with Gasteiger partial charge in [0.2, 0.25) is 0 Å². The summed E-state index contributed by atoms with van der Waals surface area (Å²) in [6, 6.07) is 73.9. The molecule has 13 aromatic rings. The summed E-state index contributed by atoms with van der Waals surface area (Å²) in [5.74, 6) is 14.4. The third kappa shape index (κ3) is 5.15. The molecule has 13 rings (SSSR count). The van der Waals surface area contributed by atoms with Crippen molar-refractivity contribution in [2.45, 2.75) is 0 Å². The second-order valence-corrected chi connectivity index (χ2v) is 16.1. The number of nitrogens with zero attached hydrogens (tertiary/aromatic N) is 2. The van der Waals surface area contributed by atoms with Crippen molar-refractivity contribution in [3.8, 4) is 35.1 Å². The number of hydrogen-bond donors (Lipinski definition) is 0. The second kappa shape index (κ2) is 13.5. The molecule has 0 bridgehead atoms. The standard InChI is InChI=1S/C60H34N2/c1-5-22-54-47(14-1)48-15-2-6-23-55(48)61(54)44-34-28-39(29-35-44)26-32-42-38-43(59-53-21-10-13-41-12-9-19-51(58(41)53)52-20-11-18-46(42)60(52)59)33-27-40-30-36-45(37-31-40)62-56-24-7-3-16-49(56)50-17-4-8-25-57(50)62/h1-25,28-31,34-38H. The second-order valence-electron chi connectivity index (χ2n) is 16.1. The Hall–Kier alpha value is -8.56. The lowest BCUT2D eigenvalue weighted by molar-refractivity contribution is 1.18. The Bertz CT molecular complexity index is 3970. The first-order valence-electron chi connectivity index (χ1n) is 21.1. The van der Waals surface area contributed by atoms with E-state index in [-0.39, 0.29) is 0 Å². The first-order chi connectivity index (χ1) is 30.8. The van der Waals surface area contributed by atoms with Crippen LogP contribution in [0.3, 0.4) is 0 Å². The molecular weight excluding hydrogens is 749 g/mol. The summed E-state index contributed by atoms with van der Waals surface area (Å²) in [5.41, 5.74) is 10.9. The Morgan fingerprint density at radius 2 is 0.645 bits per heavy atom. The average Bonchev–Trinajstić information content (AvgIpc) is 3.85. The Kier molecular flexibility index (Phi) is 7.46. The van der Waals surface area contributed by atoms with Gasteiger partial charge in [-0.15, -0.1) is 0 Å². The number of para-hydroxylation sites is 4. The number of benzene rings is 11. The van der Waals surface area contributed by atoms with E-state index < -0.39 is 0 Å². The van der Waals surface area contributed by atoms with Crippen molar-refractivity contribution < 1.29 is 0 Å². The van der Waals surface area contributed by atoms with Crippen molar-refractivity contribution in [1.82, 2.24) is 9.13 Å². The van der Waals surface area contributed by atoms with Crippen LogP contribution in [0.25, 0.3) is 98.1 Å².